The number of carbonyl (C=O) groups is 1. The van der Waals surface area contributed by atoms with E-state index in [-0.39, 0.29) is 17.3 Å². The molecule has 0 bridgehead atoms. The monoisotopic (exact) mass is 464 g/mol. The van der Waals surface area contributed by atoms with Gasteiger partial charge in [0.1, 0.15) is 5.75 Å². The van der Waals surface area contributed by atoms with E-state index in [4.69, 9.17) is 4.74 Å². The molecule has 4 rings (SSSR count). The molecule has 1 unspecified atom stereocenters. The molecule has 0 saturated carbocycles. The van der Waals surface area contributed by atoms with Crippen molar-refractivity contribution < 1.29 is 17.9 Å². The Labute approximate surface area is 195 Å². The second kappa shape index (κ2) is 8.90. The zero-order chi connectivity index (χ0) is 23.6. The molecule has 1 aliphatic rings. The second-order valence-corrected chi connectivity index (χ2v) is 10.8. The van der Waals surface area contributed by atoms with Crippen LogP contribution in [0.3, 0.4) is 0 Å². The minimum atomic E-state index is -3.87. The van der Waals surface area contributed by atoms with Crippen molar-refractivity contribution in [2.75, 3.05) is 10.8 Å². The highest BCUT2D eigenvalue weighted by atomic mass is 32.2. The van der Waals surface area contributed by atoms with Crippen LogP contribution in [0.25, 0.3) is 0 Å². The number of hydrogen-bond acceptors (Lipinski definition) is 4. The van der Waals surface area contributed by atoms with Crippen LogP contribution < -0.4 is 14.4 Å². The van der Waals surface area contributed by atoms with Crippen LogP contribution in [0.1, 0.15) is 25.0 Å². The number of fused-ring (bicyclic) bond motifs is 1. The molecule has 0 aromatic heterocycles. The third-order valence-corrected chi connectivity index (χ3v) is 7.35. The van der Waals surface area contributed by atoms with E-state index >= 15 is 0 Å². The Bertz CT molecular complexity index is 1240. The number of amides is 1. The number of ether oxygens (including phenoxy) is 1. The van der Waals surface area contributed by atoms with E-state index in [9.17, 15) is 13.2 Å². The van der Waals surface area contributed by atoms with E-state index in [1.807, 2.05) is 57.2 Å². The van der Waals surface area contributed by atoms with Gasteiger partial charge in [0.25, 0.3) is 15.9 Å². The van der Waals surface area contributed by atoms with Gasteiger partial charge in [-0.3, -0.25) is 9.10 Å². The molecule has 1 amide bonds. The summed E-state index contributed by atoms with van der Waals surface area (Å²) in [5, 5.41) is 3.05. The predicted octanol–water partition coefficient (Wildman–Crippen LogP) is 4.09. The number of hydrogen-bond donors (Lipinski definition) is 1. The average Bonchev–Trinajstić information content (AvgIpc) is 2.78. The number of benzene rings is 3. The number of anilines is 1. The maximum Gasteiger partial charge on any atom is 0.264 e. The van der Waals surface area contributed by atoms with Crippen LogP contribution in [0.4, 0.5) is 5.69 Å². The van der Waals surface area contributed by atoms with Crippen molar-refractivity contribution in [1.29, 1.82) is 0 Å². The topological polar surface area (TPSA) is 75.7 Å². The minimum Gasteiger partial charge on any atom is -0.476 e. The van der Waals surface area contributed by atoms with Gasteiger partial charge in [-0.1, -0.05) is 54.6 Å². The van der Waals surface area contributed by atoms with Gasteiger partial charge in [0.15, 0.2) is 6.10 Å². The molecule has 6 nitrogen and oxygen atoms in total. The van der Waals surface area contributed by atoms with Crippen molar-refractivity contribution in [1.82, 2.24) is 5.32 Å². The molecule has 1 heterocycles. The van der Waals surface area contributed by atoms with Crippen molar-refractivity contribution in [3.8, 4) is 5.75 Å². The summed E-state index contributed by atoms with van der Waals surface area (Å²) in [5.41, 5.74) is 1.90. The summed E-state index contributed by atoms with van der Waals surface area (Å²) < 4.78 is 34.2. The van der Waals surface area contributed by atoms with Crippen molar-refractivity contribution in [3.63, 3.8) is 0 Å². The van der Waals surface area contributed by atoms with Crippen LogP contribution >= 0.6 is 0 Å². The Hall–Kier alpha value is -3.32. The molecule has 0 radical (unpaired) electrons. The van der Waals surface area contributed by atoms with Gasteiger partial charge in [0.2, 0.25) is 0 Å². The molecule has 3 aromatic carbocycles. The Morgan fingerprint density at radius 3 is 2.33 bits per heavy atom. The fraction of sp³-hybridized carbons (Fsp3) is 0.269. The SMILES string of the molecule is Cc1ccc2c(c1)OC(C(=O)NC(C)(C)Cc1ccccc1)CN2S(=O)(=O)c1ccccc1. The van der Waals surface area contributed by atoms with Gasteiger partial charge in [0.05, 0.1) is 17.1 Å². The van der Waals surface area contributed by atoms with Gasteiger partial charge >= 0.3 is 0 Å². The third-order valence-electron chi connectivity index (χ3n) is 5.56. The summed E-state index contributed by atoms with van der Waals surface area (Å²) >= 11 is 0. The fourth-order valence-electron chi connectivity index (χ4n) is 4.01. The lowest BCUT2D eigenvalue weighted by Crippen LogP contribution is -2.55. The number of aryl methyl sites for hydroxylation is 1. The fourth-order valence-corrected chi connectivity index (χ4v) is 5.51. The molecule has 1 aliphatic heterocycles. The molecule has 0 spiro atoms. The van der Waals surface area contributed by atoms with Crippen LogP contribution in [-0.2, 0) is 21.2 Å². The van der Waals surface area contributed by atoms with Gasteiger partial charge in [-0.05, 0) is 62.6 Å². The van der Waals surface area contributed by atoms with Gasteiger partial charge < -0.3 is 10.1 Å². The van der Waals surface area contributed by atoms with E-state index < -0.39 is 21.7 Å². The van der Waals surface area contributed by atoms with Crippen molar-refractivity contribution in [2.45, 2.75) is 43.7 Å². The molecule has 3 aromatic rings. The molecule has 7 heteroatoms. The molecule has 0 fully saturated rings. The van der Waals surface area contributed by atoms with E-state index in [1.165, 1.54) is 4.31 Å². The smallest absolute Gasteiger partial charge is 0.264 e. The zero-order valence-corrected chi connectivity index (χ0v) is 19.8. The summed E-state index contributed by atoms with van der Waals surface area (Å²) in [6.07, 6.45) is -0.346. The van der Waals surface area contributed by atoms with E-state index in [1.54, 1.807) is 42.5 Å². The Kier molecular flexibility index (Phi) is 6.17. The molecule has 172 valence electrons. The summed E-state index contributed by atoms with van der Waals surface area (Å²) in [6, 6.07) is 23.4. The standard InChI is InChI=1S/C26H28N2O4S/c1-19-14-15-22-23(16-19)32-24(18-28(22)33(30,31)21-12-8-5-9-13-21)25(29)27-26(2,3)17-20-10-6-4-7-11-20/h4-16,24H,17-18H2,1-3H3,(H,27,29). The molecular weight excluding hydrogens is 436 g/mol. The van der Waals surface area contributed by atoms with Crippen LogP contribution in [0.2, 0.25) is 0 Å². The summed E-state index contributed by atoms with van der Waals surface area (Å²) in [6.45, 7) is 5.67. The zero-order valence-electron chi connectivity index (χ0n) is 19.0. The molecule has 0 saturated heterocycles. The van der Waals surface area contributed by atoms with Crippen LogP contribution in [0.5, 0.6) is 5.75 Å². The molecule has 1 atom stereocenters. The first-order valence-electron chi connectivity index (χ1n) is 10.9. The highest BCUT2D eigenvalue weighted by Crippen LogP contribution is 2.37. The quantitative estimate of drug-likeness (QED) is 0.596. The van der Waals surface area contributed by atoms with Crippen molar-refractivity contribution in [3.05, 3.63) is 90.0 Å². The van der Waals surface area contributed by atoms with Gasteiger partial charge in [0, 0.05) is 5.54 Å². The first kappa shape index (κ1) is 22.9. The Morgan fingerprint density at radius 1 is 1.03 bits per heavy atom. The van der Waals surface area contributed by atoms with Gasteiger partial charge in [-0.2, -0.15) is 0 Å². The molecule has 1 N–H and O–H groups in total. The maximum absolute atomic E-state index is 13.5. The Morgan fingerprint density at radius 2 is 1.67 bits per heavy atom. The summed E-state index contributed by atoms with van der Waals surface area (Å²) in [5.74, 6) is 0.0260. The highest BCUT2D eigenvalue weighted by Gasteiger charge is 2.38. The average molecular weight is 465 g/mol. The first-order valence-corrected chi connectivity index (χ1v) is 12.3. The largest absolute Gasteiger partial charge is 0.476 e. The van der Waals surface area contributed by atoms with Crippen LogP contribution in [0, 0.1) is 6.92 Å². The lowest BCUT2D eigenvalue weighted by Gasteiger charge is -2.36. The van der Waals surface area contributed by atoms with Crippen LogP contribution in [0.15, 0.2) is 83.8 Å². The third kappa shape index (κ3) is 5.03. The minimum absolute atomic E-state index is 0.111. The lowest BCUT2D eigenvalue weighted by atomic mass is 9.94. The maximum atomic E-state index is 13.5. The van der Waals surface area contributed by atoms with Gasteiger partial charge in [-0.25, -0.2) is 8.42 Å². The number of nitrogens with one attached hydrogen (secondary N) is 1. The second-order valence-electron chi connectivity index (χ2n) is 8.96. The first-order chi connectivity index (χ1) is 15.7. The molecule has 0 aliphatic carbocycles. The van der Waals surface area contributed by atoms with E-state index in [0.29, 0.717) is 17.9 Å². The number of nitrogens with zero attached hydrogens (tertiary/aromatic N) is 1. The Balaban J connectivity index is 1.62. The van der Waals surface area contributed by atoms with Crippen molar-refractivity contribution >= 4 is 21.6 Å². The lowest BCUT2D eigenvalue weighted by molar-refractivity contribution is -0.129. The number of carbonyl (C=O) groups excluding carboxylic acids is 1. The molecular formula is C26H28N2O4S. The predicted molar refractivity (Wildman–Crippen MR) is 129 cm³/mol. The number of sulfonamides is 1. The highest BCUT2D eigenvalue weighted by molar-refractivity contribution is 7.92. The summed E-state index contributed by atoms with van der Waals surface area (Å²) in [4.78, 5) is 13.4. The van der Waals surface area contributed by atoms with Crippen molar-refractivity contribution in [2.24, 2.45) is 0 Å². The van der Waals surface area contributed by atoms with E-state index in [2.05, 4.69) is 5.32 Å². The van der Waals surface area contributed by atoms with E-state index in [0.717, 1.165) is 11.1 Å². The normalized spacial score (nSPS) is 16.0. The van der Waals surface area contributed by atoms with Gasteiger partial charge in [-0.15, -0.1) is 0 Å². The number of rotatable bonds is 6. The summed E-state index contributed by atoms with van der Waals surface area (Å²) in [7, 11) is -3.87. The molecule has 33 heavy (non-hydrogen) atoms. The van der Waals surface area contributed by atoms with Crippen LogP contribution in [-0.4, -0.2) is 32.5 Å².